The maximum Gasteiger partial charge on any atom is 0.273 e. The average molecular weight is 393 g/mol. The standard InChI is InChI=1S/C22H23N3O4/c1-29-17-10-6-15(7-11-17)14-24(16-8-9-16)20(26)12-13-25-22(28)19-5-3-2-4-18(19)21(27)23-25/h2-7,10-11,16H,8-9,12-14H2,1H3,(H,23,27). The fraction of sp³-hybridized carbons (Fsp3) is 0.318. The van der Waals surface area contributed by atoms with Crippen LogP contribution >= 0.6 is 0 Å². The maximum absolute atomic E-state index is 12.9. The molecule has 3 aromatic rings. The molecule has 1 saturated carbocycles. The first-order valence-corrected chi connectivity index (χ1v) is 9.71. The van der Waals surface area contributed by atoms with Gasteiger partial charge in [-0.15, -0.1) is 0 Å². The molecule has 0 spiro atoms. The van der Waals surface area contributed by atoms with Gasteiger partial charge in [-0.3, -0.25) is 19.5 Å². The molecule has 1 aliphatic carbocycles. The van der Waals surface area contributed by atoms with Crippen LogP contribution in [-0.4, -0.2) is 33.7 Å². The normalized spacial score (nSPS) is 13.4. The van der Waals surface area contributed by atoms with Crippen molar-refractivity contribution in [3.8, 4) is 5.75 Å². The van der Waals surface area contributed by atoms with Crippen LogP contribution in [0.15, 0.2) is 58.1 Å². The highest BCUT2D eigenvalue weighted by atomic mass is 16.5. The number of ether oxygens (including phenoxy) is 1. The molecule has 0 bridgehead atoms. The number of methoxy groups -OCH3 is 1. The third-order valence-electron chi connectivity index (χ3n) is 5.25. The molecule has 0 atom stereocenters. The number of H-pyrrole nitrogens is 1. The van der Waals surface area contributed by atoms with E-state index >= 15 is 0 Å². The monoisotopic (exact) mass is 393 g/mol. The molecule has 4 rings (SSSR count). The van der Waals surface area contributed by atoms with E-state index in [9.17, 15) is 14.4 Å². The Balaban J connectivity index is 1.49. The predicted molar refractivity (Wildman–Crippen MR) is 110 cm³/mol. The van der Waals surface area contributed by atoms with E-state index in [4.69, 9.17) is 4.74 Å². The Hall–Kier alpha value is -3.35. The van der Waals surface area contributed by atoms with Crippen LogP contribution in [0.4, 0.5) is 0 Å². The average Bonchev–Trinajstić information content (AvgIpc) is 3.59. The van der Waals surface area contributed by atoms with Crippen molar-refractivity contribution >= 4 is 16.7 Å². The van der Waals surface area contributed by atoms with E-state index in [-0.39, 0.29) is 36.0 Å². The first-order chi connectivity index (χ1) is 14.1. The minimum absolute atomic E-state index is 0.0239. The van der Waals surface area contributed by atoms with Crippen LogP contribution in [0, 0.1) is 0 Å². The Kier molecular flexibility index (Phi) is 5.20. The summed E-state index contributed by atoms with van der Waals surface area (Å²) in [5.74, 6) is 0.752. The van der Waals surface area contributed by atoms with Crippen molar-refractivity contribution in [3.63, 3.8) is 0 Å². The molecule has 1 heterocycles. The number of nitrogens with one attached hydrogen (secondary N) is 1. The van der Waals surface area contributed by atoms with E-state index in [1.807, 2.05) is 29.2 Å². The van der Waals surface area contributed by atoms with E-state index in [0.717, 1.165) is 24.2 Å². The Labute approximate surface area is 167 Å². The summed E-state index contributed by atoms with van der Waals surface area (Å²) in [6.45, 7) is 0.667. The Morgan fingerprint density at radius 3 is 2.45 bits per heavy atom. The molecule has 150 valence electrons. The lowest BCUT2D eigenvalue weighted by atomic mass is 10.2. The lowest BCUT2D eigenvalue weighted by Gasteiger charge is -2.23. The number of hydrogen-bond donors (Lipinski definition) is 1. The fourth-order valence-corrected chi connectivity index (χ4v) is 3.49. The number of aromatic amines is 1. The number of aromatic nitrogens is 2. The van der Waals surface area contributed by atoms with E-state index in [1.165, 1.54) is 4.68 Å². The van der Waals surface area contributed by atoms with Gasteiger partial charge in [-0.25, -0.2) is 4.68 Å². The number of fused-ring (bicyclic) bond motifs is 1. The molecule has 0 saturated heterocycles. The minimum Gasteiger partial charge on any atom is -0.497 e. The number of carbonyl (C=O) groups is 1. The summed E-state index contributed by atoms with van der Waals surface area (Å²) in [6, 6.07) is 14.6. The topological polar surface area (TPSA) is 84.4 Å². The molecule has 7 heteroatoms. The first kappa shape index (κ1) is 19.0. The van der Waals surface area contributed by atoms with Gasteiger partial charge in [0.15, 0.2) is 0 Å². The summed E-state index contributed by atoms with van der Waals surface area (Å²) in [4.78, 5) is 39.6. The van der Waals surface area contributed by atoms with Crippen LogP contribution in [0.1, 0.15) is 24.8 Å². The van der Waals surface area contributed by atoms with Gasteiger partial charge in [-0.1, -0.05) is 24.3 Å². The summed E-state index contributed by atoms with van der Waals surface area (Å²) in [5, 5.41) is 3.31. The molecular formula is C22H23N3O4. The third kappa shape index (κ3) is 4.08. The Bertz CT molecular complexity index is 1140. The van der Waals surface area contributed by atoms with Crippen molar-refractivity contribution in [2.45, 2.75) is 38.4 Å². The van der Waals surface area contributed by atoms with Crippen molar-refractivity contribution < 1.29 is 9.53 Å². The molecule has 1 N–H and O–H groups in total. The highest BCUT2D eigenvalue weighted by molar-refractivity contribution is 5.80. The van der Waals surface area contributed by atoms with Crippen LogP contribution in [0.3, 0.4) is 0 Å². The second kappa shape index (κ2) is 7.95. The van der Waals surface area contributed by atoms with Crippen molar-refractivity contribution in [2.24, 2.45) is 0 Å². The van der Waals surface area contributed by atoms with Crippen LogP contribution in [0.25, 0.3) is 10.8 Å². The molecule has 7 nitrogen and oxygen atoms in total. The maximum atomic E-state index is 12.9. The van der Waals surface area contributed by atoms with Gasteiger partial charge in [0.05, 0.1) is 24.4 Å². The minimum atomic E-state index is -0.329. The van der Waals surface area contributed by atoms with Crippen molar-refractivity contribution in [2.75, 3.05) is 7.11 Å². The number of carbonyl (C=O) groups excluding carboxylic acids is 1. The zero-order valence-electron chi connectivity index (χ0n) is 16.3. The number of hydrogen-bond acceptors (Lipinski definition) is 4. The summed E-state index contributed by atoms with van der Waals surface area (Å²) in [7, 11) is 1.62. The van der Waals surface area contributed by atoms with Gasteiger partial charge in [0.25, 0.3) is 11.1 Å². The number of benzene rings is 2. The molecule has 0 radical (unpaired) electrons. The first-order valence-electron chi connectivity index (χ1n) is 9.71. The summed E-state index contributed by atoms with van der Waals surface area (Å²) >= 11 is 0. The predicted octanol–water partition coefficient (Wildman–Crippen LogP) is 2.28. The van der Waals surface area contributed by atoms with E-state index in [1.54, 1.807) is 31.4 Å². The molecular weight excluding hydrogens is 370 g/mol. The SMILES string of the molecule is COc1ccc(CN(C(=O)CCn2[nH]c(=O)c3ccccc3c2=O)C2CC2)cc1. The van der Waals surface area contributed by atoms with E-state index in [0.29, 0.717) is 17.3 Å². The number of aryl methyl sites for hydroxylation is 1. The summed E-state index contributed by atoms with van der Waals surface area (Å²) in [5.41, 5.74) is 0.411. The largest absolute Gasteiger partial charge is 0.497 e. The molecule has 1 amide bonds. The summed E-state index contributed by atoms with van der Waals surface area (Å²) in [6.07, 6.45) is 2.14. The second-order valence-corrected chi connectivity index (χ2v) is 7.29. The molecule has 1 aromatic heterocycles. The van der Waals surface area contributed by atoms with E-state index < -0.39 is 0 Å². The van der Waals surface area contributed by atoms with Crippen LogP contribution in [0.5, 0.6) is 5.75 Å². The van der Waals surface area contributed by atoms with Gasteiger partial charge in [0, 0.05) is 19.0 Å². The van der Waals surface area contributed by atoms with Crippen molar-refractivity contribution in [3.05, 3.63) is 74.8 Å². The molecule has 0 aliphatic heterocycles. The van der Waals surface area contributed by atoms with Crippen molar-refractivity contribution in [1.29, 1.82) is 0 Å². The van der Waals surface area contributed by atoms with Gasteiger partial charge in [0.1, 0.15) is 5.75 Å². The molecule has 1 aliphatic rings. The van der Waals surface area contributed by atoms with Crippen LogP contribution < -0.4 is 15.9 Å². The number of nitrogens with zero attached hydrogens (tertiary/aromatic N) is 2. The van der Waals surface area contributed by atoms with Gasteiger partial charge >= 0.3 is 0 Å². The van der Waals surface area contributed by atoms with E-state index in [2.05, 4.69) is 5.10 Å². The lowest BCUT2D eigenvalue weighted by molar-refractivity contribution is -0.132. The van der Waals surface area contributed by atoms with Crippen LogP contribution in [-0.2, 0) is 17.9 Å². The number of rotatable bonds is 7. The lowest BCUT2D eigenvalue weighted by Crippen LogP contribution is -2.35. The van der Waals surface area contributed by atoms with Gasteiger partial charge in [-0.05, 0) is 42.7 Å². The van der Waals surface area contributed by atoms with Gasteiger partial charge < -0.3 is 9.64 Å². The zero-order valence-corrected chi connectivity index (χ0v) is 16.3. The fourth-order valence-electron chi connectivity index (χ4n) is 3.49. The highest BCUT2D eigenvalue weighted by Gasteiger charge is 2.32. The Morgan fingerprint density at radius 1 is 1.10 bits per heavy atom. The van der Waals surface area contributed by atoms with Gasteiger partial charge in [-0.2, -0.15) is 0 Å². The highest BCUT2D eigenvalue weighted by Crippen LogP contribution is 2.29. The molecule has 2 aromatic carbocycles. The molecule has 1 fully saturated rings. The smallest absolute Gasteiger partial charge is 0.273 e. The Morgan fingerprint density at radius 2 is 1.79 bits per heavy atom. The van der Waals surface area contributed by atoms with Crippen molar-refractivity contribution in [1.82, 2.24) is 14.7 Å². The summed E-state index contributed by atoms with van der Waals surface area (Å²) < 4.78 is 6.42. The third-order valence-corrected chi connectivity index (χ3v) is 5.25. The second-order valence-electron chi connectivity index (χ2n) is 7.29. The number of amides is 1. The molecule has 29 heavy (non-hydrogen) atoms. The molecule has 0 unspecified atom stereocenters. The zero-order chi connectivity index (χ0) is 20.4. The quantitative estimate of drug-likeness (QED) is 0.667. The van der Waals surface area contributed by atoms with Crippen LogP contribution in [0.2, 0.25) is 0 Å². The van der Waals surface area contributed by atoms with Gasteiger partial charge in [0.2, 0.25) is 5.91 Å².